The SMILES string of the molecule is COc1cc(-c2nc3c(C#N)c[nH]n3c2Nc2cccc(CNC(=O)c3ccncc3)c2)cc(OC)c1OC. The van der Waals surface area contributed by atoms with Gasteiger partial charge < -0.3 is 24.8 Å². The van der Waals surface area contributed by atoms with E-state index in [9.17, 15) is 10.1 Å². The van der Waals surface area contributed by atoms with E-state index in [0.717, 1.165) is 11.3 Å². The van der Waals surface area contributed by atoms with Gasteiger partial charge in [0.15, 0.2) is 23.0 Å². The lowest BCUT2D eigenvalue weighted by atomic mass is 10.1. The molecule has 39 heavy (non-hydrogen) atoms. The molecule has 0 saturated carbocycles. The van der Waals surface area contributed by atoms with E-state index in [2.05, 4.69) is 26.8 Å². The van der Waals surface area contributed by atoms with E-state index in [4.69, 9.17) is 19.2 Å². The number of fused-ring (bicyclic) bond motifs is 1. The van der Waals surface area contributed by atoms with Crippen LogP contribution in [0.1, 0.15) is 21.5 Å². The van der Waals surface area contributed by atoms with Crippen molar-refractivity contribution in [2.75, 3.05) is 26.6 Å². The third-order valence-corrected chi connectivity index (χ3v) is 6.10. The summed E-state index contributed by atoms with van der Waals surface area (Å²) in [5, 5.41) is 19.0. The molecular weight excluding hydrogens is 498 g/mol. The van der Waals surface area contributed by atoms with Crippen molar-refractivity contribution in [2.24, 2.45) is 0 Å². The Morgan fingerprint density at radius 1 is 1.05 bits per heavy atom. The molecule has 11 nitrogen and oxygen atoms in total. The van der Waals surface area contributed by atoms with Crippen molar-refractivity contribution in [1.29, 1.82) is 5.26 Å². The summed E-state index contributed by atoms with van der Waals surface area (Å²) in [6.07, 6.45) is 4.75. The highest BCUT2D eigenvalue weighted by molar-refractivity contribution is 5.94. The number of nitrogens with one attached hydrogen (secondary N) is 3. The van der Waals surface area contributed by atoms with E-state index in [1.54, 1.807) is 68.7 Å². The monoisotopic (exact) mass is 523 g/mol. The van der Waals surface area contributed by atoms with Crippen LogP contribution in [0.4, 0.5) is 11.5 Å². The molecule has 0 fully saturated rings. The summed E-state index contributed by atoms with van der Waals surface area (Å²) < 4.78 is 18.2. The minimum atomic E-state index is -0.187. The quantitative estimate of drug-likeness (QED) is 0.260. The van der Waals surface area contributed by atoms with E-state index in [0.29, 0.717) is 57.6 Å². The maximum atomic E-state index is 12.5. The smallest absolute Gasteiger partial charge is 0.251 e. The molecule has 0 atom stereocenters. The molecule has 5 rings (SSSR count). The minimum absolute atomic E-state index is 0.187. The number of benzene rings is 2. The second kappa shape index (κ2) is 10.9. The van der Waals surface area contributed by atoms with E-state index in [-0.39, 0.29) is 5.91 Å². The van der Waals surface area contributed by atoms with Gasteiger partial charge in [0.05, 0.1) is 21.3 Å². The van der Waals surface area contributed by atoms with Gasteiger partial charge in [0, 0.05) is 41.9 Å². The van der Waals surface area contributed by atoms with Gasteiger partial charge in [0.2, 0.25) is 5.75 Å². The molecular formula is C28H25N7O4. The van der Waals surface area contributed by atoms with Gasteiger partial charge in [0.25, 0.3) is 5.91 Å². The summed E-state index contributed by atoms with van der Waals surface area (Å²) in [6.45, 7) is 0.333. The summed E-state index contributed by atoms with van der Waals surface area (Å²) in [5.41, 5.74) is 4.29. The molecule has 0 unspecified atom stereocenters. The number of nitriles is 1. The third kappa shape index (κ3) is 4.91. The van der Waals surface area contributed by atoms with Crippen LogP contribution in [0.15, 0.2) is 67.1 Å². The summed E-state index contributed by atoms with van der Waals surface area (Å²) >= 11 is 0. The van der Waals surface area contributed by atoms with Gasteiger partial charge in [-0.2, -0.15) is 5.26 Å². The minimum Gasteiger partial charge on any atom is -0.493 e. The zero-order valence-corrected chi connectivity index (χ0v) is 21.5. The lowest BCUT2D eigenvalue weighted by molar-refractivity contribution is 0.0951. The van der Waals surface area contributed by atoms with Crippen LogP contribution in [-0.4, -0.2) is 46.8 Å². The number of imidazole rings is 1. The standard InChI is InChI=1S/C28H25N7O4/c1-37-22-12-19(13-23(38-2)25(22)39-3)24-27(35-26(34-24)20(14-29)16-32-35)33-21-6-4-5-17(11-21)15-31-28(36)18-7-9-30-10-8-18/h4-13,16,32-33H,15H2,1-3H3,(H,31,36). The van der Waals surface area contributed by atoms with Crippen LogP contribution in [0.5, 0.6) is 17.2 Å². The van der Waals surface area contributed by atoms with Gasteiger partial charge in [-0.25, -0.2) is 9.50 Å². The predicted molar refractivity (Wildman–Crippen MR) is 144 cm³/mol. The average Bonchev–Trinajstić information content (AvgIpc) is 3.55. The largest absolute Gasteiger partial charge is 0.493 e. The molecule has 0 aliphatic carbocycles. The first-order chi connectivity index (χ1) is 19.1. The first kappa shape index (κ1) is 25.2. The van der Waals surface area contributed by atoms with Gasteiger partial charge in [-0.05, 0) is 42.0 Å². The molecule has 0 aliphatic heterocycles. The molecule has 11 heteroatoms. The van der Waals surface area contributed by atoms with Crippen molar-refractivity contribution in [1.82, 2.24) is 24.9 Å². The van der Waals surface area contributed by atoms with Crippen LogP contribution in [0, 0.1) is 11.3 Å². The molecule has 0 saturated heterocycles. The van der Waals surface area contributed by atoms with Crippen molar-refractivity contribution < 1.29 is 19.0 Å². The molecule has 0 radical (unpaired) electrons. The highest BCUT2D eigenvalue weighted by Gasteiger charge is 2.22. The van der Waals surface area contributed by atoms with Crippen LogP contribution in [0.25, 0.3) is 16.9 Å². The van der Waals surface area contributed by atoms with Crippen molar-refractivity contribution in [2.45, 2.75) is 6.54 Å². The molecule has 0 spiro atoms. The lowest BCUT2D eigenvalue weighted by Gasteiger charge is -2.15. The summed E-state index contributed by atoms with van der Waals surface area (Å²) in [7, 11) is 4.63. The second-order valence-electron chi connectivity index (χ2n) is 8.42. The van der Waals surface area contributed by atoms with Crippen LogP contribution in [0.3, 0.4) is 0 Å². The number of hydrogen-bond acceptors (Lipinski definition) is 8. The first-order valence-electron chi connectivity index (χ1n) is 11.9. The van der Waals surface area contributed by atoms with Gasteiger partial charge in [-0.3, -0.25) is 14.9 Å². The first-order valence-corrected chi connectivity index (χ1v) is 11.9. The second-order valence-corrected chi connectivity index (χ2v) is 8.42. The molecule has 3 aromatic heterocycles. The number of ether oxygens (including phenoxy) is 3. The van der Waals surface area contributed by atoms with Crippen molar-refractivity contribution in [3.63, 3.8) is 0 Å². The maximum Gasteiger partial charge on any atom is 0.251 e. The average molecular weight is 524 g/mol. The molecule has 196 valence electrons. The predicted octanol–water partition coefficient (Wildman–Crippen LogP) is 4.30. The number of carbonyl (C=O) groups is 1. The number of nitrogens with zero attached hydrogens (tertiary/aromatic N) is 4. The van der Waals surface area contributed by atoms with E-state index >= 15 is 0 Å². The highest BCUT2D eigenvalue weighted by Crippen LogP contribution is 2.43. The van der Waals surface area contributed by atoms with Crippen LogP contribution >= 0.6 is 0 Å². The Bertz CT molecular complexity index is 1660. The van der Waals surface area contributed by atoms with Crippen molar-refractivity contribution in [3.8, 4) is 34.6 Å². The number of hydrogen-bond donors (Lipinski definition) is 3. The highest BCUT2D eigenvalue weighted by atomic mass is 16.5. The van der Waals surface area contributed by atoms with Gasteiger partial charge in [-0.15, -0.1) is 0 Å². The normalized spacial score (nSPS) is 10.6. The molecule has 1 amide bonds. The Kier molecular flexibility index (Phi) is 7.00. The maximum absolute atomic E-state index is 12.5. The topological polar surface area (TPSA) is 139 Å². The Morgan fingerprint density at radius 3 is 2.46 bits per heavy atom. The zero-order valence-electron chi connectivity index (χ0n) is 21.5. The van der Waals surface area contributed by atoms with Crippen LogP contribution in [0.2, 0.25) is 0 Å². The third-order valence-electron chi connectivity index (χ3n) is 6.10. The Balaban J connectivity index is 1.50. The number of rotatable bonds is 9. The summed E-state index contributed by atoms with van der Waals surface area (Å²) in [6, 6.07) is 16.7. The van der Waals surface area contributed by atoms with Crippen LogP contribution in [-0.2, 0) is 6.54 Å². The fraction of sp³-hybridized carbons (Fsp3) is 0.143. The van der Waals surface area contributed by atoms with E-state index in [1.165, 1.54) is 0 Å². The summed E-state index contributed by atoms with van der Waals surface area (Å²) in [5.74, 6) is 1.82. The molecule has 3 heterocycles. The van der Waals surface area contributed by atoms with Crippen molar-refractivity contribution >= 4 is 23.1 Å². The van der Waals surface area contributed by atoms with Gasteiger partial charge in [0.1, 0.15) is 17.3 Å². The number of pyridine rings is 1. The number of amides is 1. The van der Waals surface area contributed by atoms with E-state index < -0.39 is 0 Å². The van der Waals surface area contributed by atoms with E-state index in [1.807, 2.05) is 24.3 Å². The van der Waals surface area contributed by atoms with Crippen LogP contribution < -0.4 is 24.8 Å². The number of anilines is 2. The van der Waals surface area contributed by atoms with Crippen molar-refractivity contribution in [3.05, 3.63) is 83.8 Å². The fourth-order valence-electron chi connectivity index (χ4n) is 4.22. The number of methoxy groups -OCH3 is 3. The Morgan fingerprint density at radius 2 is 1.79 bits per heavy atom. The molecule has 0 aliphatic rings. The Labute approximate surface area is 224 Å². The number of H-pyrrole nitrogens is 1. The van der Waals surface area contributed by atoms with Gasteiger partial charge in [-0.1, -0.05) is 12.1 Å². The van der Waals surface area contributed by atoms with Gasteiger partial charge >= 0.3 is 0 Å². The number of aromatic nitrogens is 4. The zero-order chi connectivity index (χ0) is 27.4. The molecule has 0 bridgehead atoms. The molecule has 5 aromatic rings. The fourth-order valence-corrected chi connectivity index (χ4v) is 4.22. The molecule has 2 aromatic carbocycles. The number of aromatic amines is 1. The molecule has 3 N–H and O–H groups in total. The number of carbonyl (C=O) groups excluding carboxylic acids is 1. The lowest BCUT2D eigenvalue weighted by Crippen LogP contribution is -2.22. The Hall–Kier alpha value is -5.50. The summed E-state index contributed by atoms with van der Waals surface area (Å²) in [4.78, 5) is 21.2.